The van der Waals surface area contributed by atoms with Crippen molar-refractivity contribution >= 4 is 11.6 Å². The van der Waals surface area contributed by atoms with E-state index in [-0.39, 0.29) is 11.8 Å². The number of ether oxygens (including phenoxy) is 2. The molecule has 3 N–H and O–H groups in total. The molecule has 1 unspecified atom stereocenters. The summed E-state index contributed by atoms with van der Waals surface area (Å²) < 4.78 is 10.5. The second kappa shape index (κ2) is 6.37. The zero-order valence-electron chi connectivity index (χ0n) is 10.2. The summed E-state index contributed by atoms with van der Waals surface area (Å²) >= 11 is 0. The molecule has 0 spiro atoms. The normalized spacial score (nSPS) is 18.6. The van der Waals surface area contributed by atoms with Crippen molar-refractivity contribution in [1.29, 1.82) is 0 Å². The van der Waals surface area contributed by atoms with E-state index in [1.54, 1.807) is 0 Å². The minimum absolute atomic E-state index is 0.0168. The Morgan fingerprint density at radius 3 is 2.83 bits per heavy atom. The molecule has 5 nitrogen and oxygen atoms in total. The Morgan fingerprint density at radius 1 is 1.44 bits per heavy atom. The molecule has 18 heavy (non-hydrogen) atoms. The van der Waals surface area contributed by atoms with Crippen molar-refractivity contribution in [2.24, 2.45) is 11.7 Å². The molecular formula is C13H18N2O3. The summed E-state index contributed by atoms with van der Waals surface area (Å²) in [6.07, 6.45) is 0.795. The quantitative estimate of drug-likeness (QED) is 0.817. The lowest BCUT2D eigenvalue weighted by atomic mass is 10.1. The molecule has 1 fully saturated rings. The first-order valence-electron chi connectivity index (χ1n) is 6.11. The standard InChI is InChI=1S/C13H18N2O3/c14-6-8-18-12-3-1-11(2-4-12)15-13(16)10-5-7-17-9-10/h1-4,10H,5-9,14H2,(H,15,16). The van der Waals surface area contributed by atoms with Gasteiger partial charge in [0.2, 0.25) is 5.91 Å². The number of carbonyl (C=O) groups excluding carboxylic acids is 1. The SMILES string of the molecule is NCCOc1ccc(NC(=O)C2CCOC2)cc1. The van der Waals surface area contributed by atoms with Gasteiger partial charge in [0.25, 0.3) is 0 Å². The molecule has 1 atom stereocenters. The van der Waals surface area contributed by atoms with Gasteiger partial charge in [0.15, 0.2) is 0 Å². The molecule has 0 saturated carbocycles. The highest BCUT2D eigenvalue weighted by Gasteiger charge is 2.23. The van der Waals surface area contributed by atoms with Gasteiger partial charge in [-0.3, -0.25) is 4.79 Å². The molecule has 0 aliphatic carbocycles. The first-order chi connectivity index (χ1) is 8.79. The molecule has 1 aromatic carbocycles. The molecule has 1 amide bonds. The van der Waals surface area contributed by atoms with E-state index in [4.69, 9.17) is 15.2 Å². The smallest absolute Gasteiger partial charge is 0.229 e. The lowest BCUT2D eigenvalue weighted by molar-refractivity contribution is -0.119. The van der Waals surface area contributed by atoms with Crippen molar-refractivity contribution in [2.75, 3.05) is 31.7 Å². The highest BCUT2D eigenvalue weighted by atomic mass is 16.5. The van der Waals surface area contributed by atoms with E-state index >= 15 is 0 Å². The Morgan fingerprint density at radius 2 is 2.22 bits per heavy atom. The Balaban J connectivity index is 1.87. The zero-order valence-corrected chi connectivity index (χ0v) is 10.2. The lowest BCUT2D eigenvalue weighted by Crippen LogP contribution is -2.22. The number of amides is 1. The van der Waals surface area contributed by atoms with Crippen LogP contribution in [0.3, 0.4) is 0 Å². The summed E-state index contributed by atoms with van der Waals surface area (Å²) in [6, 6.07) is 7.27. The van der Waals surface area contributed by atoms with E-state index < -0.39 is 0 Å². The lowest BCUT2D eigenvalue weighted by Gasteiger charge is -2.10. The van der Waals surface area contributed by atoms with E-state index in [2.05, 4.69) is 5.32 Å². The highest BCUT2D eigenvalue weighted by Crippen LogP contribution is 2.18. The maximum absolute atomic E-state index is 11.8. The topological polar surface area (TPSA) is 73.6 Å². The molecule has 1 aliphatic heterocycles. The van der Waals surface area contributed by atoms with Crippen LogP contribution in [0, 0.1) is 5.92 Å². The average molecular weight is 250 g/mol. The molecule has 0 radical (unpaired) electrons. The van der Waals surface area contributed by atoms with E-state index in [0.717, 1.165) is 17.9 Å². The minimum Gasteiger partial charge on any atom is -0.492 e. The van der Waals surface area contributed by atoms with Gasteiger partial charge < -0.3 is 20.5 Å². The number of carbonyl (C=O) groups is 1. The Bertz CT molecular complexity index is 386. The van der Waals surface area contributed by atoms with Crippen molar-refractivity contribution < 1.29 is 14.3 Å². The number of nitrogens with two attached hydrogens (primary N) is 1. The number of anilines is 1. The van der Waals surface area contributed by atoms with Crippen LogP contribution in [-0.2, 0) is 9.53 Å². The summed E-state index contributed by atoms with van der Waals surface area (Å²) in [6.45, 7) is 2.17. The molecule has 0 bridgehead atoms. The highest BCUT2D eigenvalue weighted by molar-refractivity contribution is 5.92. The molecule has 98 valence electrons. The second-order valence-electron chi connectivity index (χ2n) is 4.21. The van der Waals surface area contributed by atoms with E-state index in [0.29, 0.717) is 26.4 Å². The first kappa shape index (κ1) is 12.9. The van der Waals surface area contributed by atoms with Crippen molar-refractivity contribution in [3.8, 4) is 5.75 Å². The second-order valence-corrected chi connectivity index (χ2v) is 4.21. The van der Waals surface area contributed by atoms with Crippen LogP contribution in [0.4, 0.5) is 5.69 Å². The summed E-state index contributed by atoms with van der Waals surface area (Å²) in [5.74, 6) is 0.740. The third-order valence-corrected chi connectivity index (χ3v) is 2.81. The molecule has 0 aromatic heterocycles. The summed E-state index contributed by atoms with van der Waals surface area (Å²) in [5.41, 5.74) is 6.12. The van der Waals surface area contributed by atoms with Gasteiger partial charge in [-0.05, 0) is 30.7 Å². The number of nitrogens with one attached hydrogen (secondary N) is 1. The summed E-state index contributed by atoms with van der Waals surface area (Å²) in [4.78, 5) is 11.8. The minimum atomic E-state index is -0.0295. The third-order valence-electron chi connectivity index (χ3n) is 2.81. The van der Waals surface area contributed by atoms with Crippen molar-refractivity contribution in [1.82, 2.24) is 0 Å². The predicted octanol–water partition coefficient (Wildman–Crippen LogP) is 0.999. The van der Waals surface area contributed by atoms with Gasteiger partial charge in [-0.2, -0.15) is 0 Å². The molecule has 1 aromatic rings. The molecule has 1 aliphatic rings. The molecule has 1 saturated heterocycles. The van der Waals surface area contributed by atoms with Crippen LogP contribution in [-0.4, -0.2) is 32.3 Å². The maximum Gasteiger partial charge on any atom is 0.229 e. The molecular weight excluding hydrogens is 232 g/mol. The van der Waals surface area contributed by atoms with Crippen LogP contribution in [0.15, 0.2) is 24.3 Å². The maximum atomic E-state index is 11.8. The Hall–Kier alpha value is -1.59. The van der Waals surface area contributed by atoms with Crippen molar-refractivity contribution in [3.05, 3.63) is 24.3 Å². The fourth-order valence-electron chi connectivity index (χ4n) is 1.80. The fraction of sp³-hybridized carbons (Fsp3) is 0.462. The van der Waals surface area contributed by atoms with Crippen molar-refractivity contribution in [2.45, 2.75) is 6.42 Å². The summed E-state index contributed by atoms with van der Waals surface area (Å²) in [7, 11) is 0. The van der Waals surface area contributed by atoms with E-state index in [1.165, 1.54) is 0 Å². The number of benzene rings is 1. The summed E-state index contributed by atoms with van der Waals surface area (Å²) in [5, 5.41) is 2.87. The molecule has 1 heterocycles. The van der Waals surface area contributed by atoms with E-state index in [1.807, 2.05) is 24.3 Å². The number of hydrogen-bond donors (Lipinski definition) is 2. The van der Waals surface area contributed by atoms with Crippen LogP contribution in [0.1, 0.15) is 6.42 Å². The van der Waals surface area contributed by atoms with Crippen LogP contribution in [0.2, 0.25) is 0 Å². The van der Waals surface area contributed by atoms with Crippen LogP contribution in [0.5, 0.6) is 5.75 Å². The van der Waals surface area contributed by atoms with Gasteiger partial charge in [-0.1, -0.05) is 0 Å². The van der Waals surface area contributed by atoms with Gasteiger partial charge in [0, 0.05) is 18.8 Å². The van der Waals surface area contributed by atoms with Crippen LogP contribution in [0.25, 0.3) is 0 Å². The fourth-order valence-corrected chi connectivity index (χ4v) is 1.80. The molecule has 5 heteroatoms. The number of hydrogen-bond acceptors (Lipinski definition) is 4. The largest absolute Gasteiger partial charge is 0.492 e. The van der Waals surface area contributed by atoms with Crippen molar-refractivity contribution in [3.63, 3.8) is 0 Å². The van der Waals surface area contributed by atoms with Gasteiger partial charge >= 0.3 is 0 Å². The van der Waals surface area contributed by atoms with E-state index in [9.17, 15) is 4.79 Å². The zero-order chi connectivity index (χ0) is 12.8. The van der Waals surface area contributed by atoms with Gasteiger partial charge in [0.05, 0.1) is 12.5 Å². The van der Waals surface area contributed by atoms with Gasteiger partial charge in [0.1, 0.15) is 12.4 Å². The van der Waals surface area contributed by atoms with Crippen LogP contribution < -0.4 is 15.8 Å². The first-order valence-corrected chi connectivity index (χ1v) is 6.11. The third kappa shape index (κ3) is 3.45. The van der Waals surface area contributed by atoms with Gasteiger partial charge in [-0.15, -0.1) is 0 Å². The Labute approximate surface area is 106 Å². The number of rotatable bonds is 5. The molecule has 2 rings (SSSR count). The van der Waals surface area contributed by atoms with Crippen LogP contribution >= 0.6 is 0 Å². The predicted molar refractivity (Wildman–Crippen MR) is 68.5 cm³/mol. The monoisotopic (exact) mass is 250 g/mol. The van der Waals surface area contributed by atoms with Gasteiger partial charge in [-0.25, -0.2) is 0 Å². The Kier molecular flexibility index (Phi) is 4.55. The average Bonchev–Trinajstić information content (AvgIpc) is 2.92.